The summed E-state index contributed by atoms with van der Waals surface area (Å²) in [7, 11) is 0. The van der Waals surface area contributed by atoms with Crippen LogP contribution in [-0.2, 0) is 42.9 Å². The van der Waals surface area contributed by atoms with Gasteiger partial charge in [-0.1, -0.05) is 6.92 Å². The van der Waals surface area contributed by atoms with Gasteiger partial charge in [-0.2, -0.15) is 50.5 Å². The summed E-state index contributed by atoms with van der Waals surface area (Å²) in [6, 6.07) is 0. The monoisotopic (exact) mass is 518 g/mol. The highest BCUT2D eigenvalue weighted by atomic mass is 32.1. The van der Waals surface area contributed by atoms with Crippen molar-refractivity contribution in [2.45, 2.75) is 19.4 Å². The Labute approximate surface area is 204 Å². The molecule has 0 N–H and O–H groups in total. The Hall–Kier alpha value is -0.760. The molecule has 0 rings (SSSR count). The molecule has 0 bridgehead atoms. The first-order valence-corrected chi connectivity index (χ1v) is 12.0. The van der Waals surface area contributed by atoms with E-state index in [0.717, 1.165) is 0 Å². The van der Waals surface area contributed by atoms with Crippen molar-refractivity contribution in [3.63, 3.8) is 0 Å². The van der Waals surface area contributed by atoms with Crippen molar-refractivity contribution >= 4 is 74.4 Å². The van der Waals surface area contributed by atoms with Crippen molar-refractivity contribution in [1.29, 1.82) is 0 Å². The fourth-order valence-electron chi connectivity index (χ4n) is 2.41. The summed E-state index contributed by atoms with van der Waals surface area (Å²) in [6.07, 6.45) is -1.71. The van der Waals surface area contributed by atoms with Crippen LogP contribution in [0.15, 0.2) is 0 Å². The molecule has 0 saturated carbocycles. The maximum absolute atomic E-state index is 12.7. The normalized spacial score (nSPS) is 13.6. The van der Waals surface area contributed by atoms with Crippen LogP contribution in [0.5, 0.6) is 0 Å². The predicted molar refractivity (Wildman–Crippen MR) is 126 cm³/mol. The third-order valence-corrected chi connectivity index (χ3v) is 4.42. The number of carbonyl (C=O) groups excluding carboxylic acids is 4. The van der Waals surface area contributed by atoms with Crippen LogP contribution in [0.1, 0.15) is 13.3 Å². The van der Waals surface area contributed by atoms with E-state index in [9.17, 15) is 19.2 Å². The number of hydrogen-bond acceptors (Lipinski definition) is 13. The molecular weight excluding hydrogens is 488 g/mol. The molecule has 0 spiro atoms. The molecule has 180 valence electrons. The summed E-state index contributed by atoms with van der Waals surface area (Å²) in [4.78, 5) is 49.2. The second-order valence-electron chi connectivity index (χ2n) is 6.11. The number of ether oxygens (including phenoxy) is 5. The molecule has 0 amide bonds. The van der Waals surface area contributed by atoms with Crippen LogP contribution in [0.3, 0.4) is 0 Å². The smallest absolute Gasteiger partial charge is 0.336 e. The molecular formula is C18H30O9S4. The highest BCUT2D eigenvalue weighted by Gasteiger charge is 2.42. The molecule has 0 aromatic heterocycles. The zero-order chi connectivity index (χ0) is 23.6. The van der Waals surface area contributed by atoms with Crippen LogP contribution in [-0.4, -0.2) is 86.0 Å². The lowest BCUT2D eigenvalue weighted by molar-refractivity contribution is -0.178. The van der Waals surface area contributed by atoms with Gasteiger partial charge in [0.25, 0.3) is 0 Å². The van der Waals surface area contributed by atoms with Crippen molar-refractivity contribution in [2.75, 3.05) is 56.0 Å². The third-order valence-electron chi connectivity index (χ3n) is 3.69. The molecule has 31 heavy (non-hydrogen) atoms. The van der Waals surface area contributed by atoms with Gasteiger partial charge in [-0.25, -0.2) is 9.59 Å². The van der Waals surface area contributed by atoms with Gasteiger partial charge in [0.15, 0.2) is 6.10 Å². The van der Waals surface area contributed by atoms with Crippen LogP contribution in [0.2, 0.25) is 0 Å². The number of hydrogen-bond donors (Lipinski definition) is 4. The van der Waals surface area contributed by atoms with Crippen LogP contribution >= 0.6 is 50.5 Å². The van der Waals surface area contributed by atoms with Gasteiger partial charge in [0.05, 0.1) is 5.92 Å². The molecule has 0 saturated heterocycles. The predicted octanol–water partition coefficient (Wildman–Crippen LogP) is 0.906. The Bertz CT molecular complexity index is 562. The van der Waals surface area contributed by atoms with Gasteiger partial charge < -0.3 is 23.7 Å². The Morgan fingerprint density at radius 2 is 1.13 bits per heavy atom. The maximum Gasteiger partial charge on any atom is 0.336 e. The maximum atomic E-state index is 12.7. The van der Waals surface area contributed by atoms with E-state index in [0.29, 0.717) is 11.5 Å². The lowest BCUT2D eigenvalue weighted by Crippen LogP contribution is -2.44. The van der Waals surface area contributed by atoms with E-state index < -0.39 is 48.4 Å². The van der Waals surface area contributed by atoms with Gasteiger partial charge >= 0.3 is 23.9 Å². The lowest BCUT2D eigenvalue weighted by Gasteiger charge is -2.28. The summed E-state index contributed by atoms with van der Waals surface area (Å²) in [5.74, 6) is -3.85. The Kier molecular flexibility index (Phi) is 18.3. The number of carbonyl (C=O) groups is 4. The molecule has 0 aromatic carbocycles. The van der Waals surface area contributed by atoms with Gasteiger partial charge in [0.1, 0.15) is 33.0 Å². The first-order chi connectivity index (χ1) is 14.8. The summed E-state index contributed by atoms with van der Waals surface area (Å²) in [5.41, 5.74) is 0. The van der Waals surface area contributed by atoms with E-state index in [1.165, 1.54) is 0 Å². The largest absolute Gasteiger partial charge is 0.465 e. The van der Waals surface area contributed by atoms with Gasteiger partial charge in [-0.15, -0.1) is 0 Å². The van der Waals surface area contributed by atoms with E-state index in [4.69, 9.17) is 23.7 Å². The molecule has 0 fully saturated rings. The van der Waals surface area contributed by atoms with Gasteiger partial charge in [0, 0.05) is 29.4 Å². The lowest BCUT2D eigenvalue weighted by atomic mass is 9.86. The molecule has 0 heterocycles. The molecule has 9 nitrogen and oxygen atoms in total. The highest BCUT2D eigenvalue weighted by molar-refractivity contribution is 7.80. The molecule has 0 aliphatic carbocycles. The third kappa shape index (κ3) is 13.4. The minimum atomic E-state index is -1.51. The average molecular weight is 519 g/mol. The van der Waals surface area contributed by atoms with E-state index >= 15 is 0 Å². The quantitative estimate of drug-likeness (QED) is 0.127. The van der Waals surface area contributed by atoms with Gasteiger partial charge in [0.2, 0.25) is 0 Å². The SMILES string of the molecule is CC(CC(=O)OCCS)C(C(=O)OCCS)C(OCC(=O)OCCS)C(=O)OCCS. The first-order valence-electron chi connectivity index (χ1n) is 9.51. The number of esters is 4. The van der Waals surface area contributed by atoms with Gasteiger partial charge in [-0.3, -0.25) is 9.59 Å². The fourth-order valence-corrected chi connectivity index (χ4v) is 2.78. The Morgan fingerprint density at radius 3 is 1.65 bits per heavy atom. The zero-order valence-corrected chi connectivity index (χ0v) is 20.8. The van der Waals surface area contributed by atoms with Crippen molar-refractivity contribution in [2.24, 2.45) is 11.8 Å². The van der Waals surface area contributed by atoms with Crippen LogP contribution in [0.25, 0.3) is 0 Å². The standard InChI is InChI=1S/C18H30O9S4/c1-12(10-13(19)23-2-6-28)15(17(21)25-4-8-30)16(18(22)26-5-9-31)27-11-14(20)24-3-7-29/h12,15-16,28-31H,2-11H2,1H3. The van der Waals surface area contributed by atoms with Crippen molar-refractivity contribution in [1.82, 2.24) is 0 Å². The number of thiol groups is 4. The van der Waals surface area contributed by atoms with Crippen LogP contribution < -0.4 is 0 Å². The molecule has 0 aliphatic heterocycles. The second kappa shape index (κ2) is 18.8. The van der Waals surface area contributed by atoms with Crippen molar-refractivity contribution in [3.05, 3.63) is 0 Å². The minimum absolute atomic E-state index is 0.0162. The molecule has 13 heteroatoms. The second-order valence-corrected chi connectivity index (χ2v) is 7.90. The summed E-state index contributed by atoms with van der Waals surface area (Å²) in [5, 5.41) is 0. The van der Waals surface area contributed by atoms with Gasteiger partial charge in [-0.05, 0) is 5.92 Å². The Morgan fingerprint density at radius 1 is 0.677 bits per heavy atom. The summed E-state index contributed by atoms with van der Waals surface area (Å²) >= 11 is 15.9. The van der Waals surface area contributed by atoms with E-state index in [1.54, 1.807) is 6.92 Å². The topological polar surface area (TPSA) is 114 Å². The van der Waals surface area contributed by atoms with E-state index in [2.05, 4.69) is 50.5 Å². The van der Waals surface area contributed by atoms with Crippen LogP contribution in [0.4, 0.5) is 0 Å². The highest BCUT2D eigenvalue weighted by Crippen LogP contribution is 2.25. The zero-order valence-electron chi connectivity index (χ0n) is 17.3. The first kappa shape index (κ1) is 30.2. The number of rotatable bonds is 17. The molecule has 3 atom stereocenters. The fraction of sp³-hybridized carbons (Fsp3) is 0.778. The van der Waals surface area contributed by atoms with E-state index in [-0.39, 0.29) is 44.4 Å². The Balaban J connectivity index is 5.59. The average Bonchev–Trinajstić information content (AvgIpc) is 2.75. The summed E-state index contributed by atoms with van der Waals surface area (Å²) < 4.78 is 25.5. The molecule has 3 unspecified atom stereocenters. The van der Waals surface area contributed by atoms with Crippen LogP contribution in [0, 0.1) is 11.8 Å². The molecule has 0 aliphatic rings. The van der Waals surface area contributed by atoms with Crippen molar-refractivity contribution in [3.8, 4) is 0 Å². The molecule has 0 aromatic rings. The molecule has 0 radical (unpaired) electrons. The van der Waals surface area contributed by atoms with E-state index in [1.807, 2.05) is 0 Å². The van der Waals surface area contributed by atoms with Crippen molar-refractivity contribution < 1.29 is 42.9 Å². The summed E-state index contributed by atoms with van der Waals surface area (Å²) in [6.45, 7) is 1.06. The minimum Gasteiger partial charge on any atom is -0.465 e.